The van der Waals surface area contributed by atoms with Gasteiger partial charge in [-0.3, -0.25) is 0 Å². The first kappa shape index (κ1) is 14.8. The highest BCUT2D eigenvalue weighted by atomic mass is 32.1. The van der Waals surface area contributed by atoms with Gasteiger partial charge in [0.05, 0.1) is 0 Å². The van der Waals surface area contributed by atoms with Gasteiger partial charge in [-0.15, -0.1) is 11.3 Å². The maximum Gasteiger partial charge on any atom is 0.0358 e. The third-order valence-electron chi connectivity index (χ3n) is 4.49. The Morgan fingerprint density at radius 2 is 1.90 bits per heavy atom. The summed E-state index contributed by atoms with van der Waals surface area (Å²) in [5, 5.41) is 3.78. The molecule has 3 rings (SSSR count). The van der Waals surface area contributed by atoms with Crippen molar-refractivity contribution in [3.05, 3.63) is 57.3 Å². The highest BCUT2D eigenvalue weighted by Gasteiger charge is 2.31. The van der Waals surface area contributed by atoms with E-state index < -0.39 is 0 Å². The second-order valence-electron chi connectivity index (χ2n) is 6.02. The van der Waals surface area contributed by atoms with Crippen LogP contribution >= 0.6 is 11.3 Å². The topological polar surface area (TPSA) is 12.0 Å². The Kier molecular flexibility index (Phi) is 4.77. The lowest BCUT2D eigenvalue weighted by atomic mass is 9.96. The zero-order valence-corrected chi connectivity index (χ0v) is 13.9. The molecule has 1 aromatic heterocycles. The number of thiophene rings is 1. The first-order valence-electron chi connectivity index (χ1n) is 8.20. The fourth-order valence-electron chi connectivity index (χ4n) is 3.42. The van der Waals surface area contributed by atoms with Crippen molar-refractivity contribution in [2.24, 2.45) is 5.92 Å². The van der Waals surface area contributed by atoms with E-state index in [9.17, 15) is 0 Å². The second-order valence-corrected chi connectivity index (χ2v) is 7.27. The minimum Gasteiger partial charge on any atom is -0.310 e. The molecule has 2 atom stereocenters. The van der Waals surface area contributed by atoms with E-state index in [1.807, 2.05) is 11.3 Å². The highest BCUT2D eigenvalue weighted by molar-refractivity contribution is 7.11. The van der Waals surface area contributed by atoms with E-state index in [4.69, 9.17) is 0 Å². The molecule has 21 heavy (non-hydrogen) atoms. The molecule has 1 aliphatic carbocycles. The Morgan fingerprint density at radius 3 is 2.67 bits per heavy atom. The fourth-order valence-corrected chi connectivity index (χ4v) is 4.48. The third-order valence-corrected chi connectivity index (χ3v) is 5.74. The molecule has 2 heteroatoms. The van der Waals surface area contributed by atoms with Crippen LogP contribution in [0.5, 0.6) is 0 Å². The highest BCUT2D eigenvalue weighted by Crippen LogP contribution is 2.38. The minimum atomic E-state index is 0.535. The van der Waals surface area contributed by atoms with E-state index in [-0.39, 0.29) is 0 Å². The number of nitrogens with one attached hydrogen (secondary N) is 1. The van der Waals surface area contributed by atoms with Crippen molar-refractivity contribution in [2.45, 2.75) is 45.6 Å². The maximum atomic E-state index is 3.78. The Morgan fingerprint density at radius 1 is 1.10 bits per heavy atom. The van der Waals surface area contributed by atoms with Gasteiger partial charge in [0.15, 0.2) is 0 Å². The van der Waals surface area contributed by atoms with Crippen LogP contribution in [-0.2, 0) is 19.3 Å². The molecule has 112 valence electrons. The van der Waals surface area contributed by atoms with E-state index in [0.717, 1.165) is 13.0 Å². The van der Waals surface area contributed by atoms with E-state index in [1.165, 1.54) is 29.7 Å². The molecule has 1 nitrogen and oxygen atoms in total. The van der Waals surface area contributed by atoms with Crippen LogP contribution < -0.4 is 5.32 Å². The van der Waals surface area contributed by atoms with Crippen LogP contribution in [0, 0.1) is 5.92 Å². The van der Waals surface area contributed by atoms with E-state index in [2.05, 4.69) is 55.6 Å². The first-order valence-corrected chi connectivity index (χ1v) is 9.02. The average Bonchev–Trinajstić information content (AvgIpc) is 3.09. The van der Waals surface area contributed by atoms with Crippen LogP contribution in [0.1, 0.15) is 47.2 Å². The maximum absolute atomic E-state index is 3.78. The van der Waals surface area contributed by atoms with Gasteiger partial charge >= 0.3 is 0 Å². The van der Waals surface area contributed by atoms with Gasteiger partial charge in [-0.25, -0.2) is 0 Å². The summed E-state index contributed by atoms with van der Waals surface area (Å²) in [6, 6.07) is 14.2. The second kappa shape index (κ2) is 6.76. The average molecular weight is 299 g/mol. The van der Waals surface area contributed by atoms with Crippen molar-refractivity contribution >= 4 is 11.3 Å². The number of hydrogen-bond acceptors (Lipinski definition) is 2. The number of fused-ring (bicyclic) bond motifs is 1. The Bertz CT molecular complexity index is 587. The van der Waals surface area contributed by atoms with Crippen LogP contribution in [0.2, 0.25) is 0 Å². The van der Waals surface area contributed by atoms with Crippen molar-refractivity contribution in [3.63, 3.8) is 0 Å². The van der Waals surface area contributed by atoms with Gasteiger partial charge < -0.3 is 5.32 Å². The predicted octanol–water partition coefficient (Wildman–Crippen LogP) is 4.77. The van der Waals surface area contributed by atoms with Crippen molar-refractivity contribution in [1.29, 1.82) is 0 Å². The van der Waals surface area contributed by atoms with Gasteiger partial charge in [-0.1, -0.05) is 38.1 Å². The first-order chi connectivity index (χ1) is 10.3. The van der Waals surface area contributed by atoms with Crippen LogP contribution in [0.3, 0.4) is 0 Å². The van der Waals surface area contributed by atoms with E-state index >= 15 is 0 Å². The lowest BCUT2D eigenvalue weighted by Crippen LogP contribution is -2.27. The molecule has 0 amide bonds. The third kappa shape index (κ3) is 3.22. The normalized spacial score (nSPS) is 20.7. The molecule has 1 heterocycles. The minimum absolute atomic E-state index is 0.535. The number of hydrogen-bond donors (Lipinski definition) is 1. The van der Waals surface area contributed by atoms with Crippen molar-refractivity contribution in [3.8, 4) is 0 Å². The SMILES string of the molecule is CCCNC1c2ccccc2CC1Cc1ccc(CC)s1. The van der Waals surface area contributed by atoms with Crippen molar-refractivity contribution in [2.75, 3.05) is 6.54 Å². The smallest absolute Gasteiger partial charge is 0.0358 e. The summed E-state index contributed by atoms with van der Waals surface area (Å²) >= 11 is 2.00. The molecule has 0 spiro atoms. The van der Waals surface area contributed by atoms with Gasteiger partial charge in [-0.05, 0) is 61.4 Å². The van der Waals surface area contributed by atoms with Crippen LogP contribution in [0.4, 0.5) is 0 Å². The molecule has 1 aromatic carbocycles. The van der Waals surface area contributed by atoms with Crippen molar-refractivity contribution in [1.82, 2.24) is 5.32 Å². The molecule has 0 radical (unpaired) electrons. The number of benzene rings is 1. The van der Waals surface area contributed by atoms with Crippen LogP contribution in [0.15, 0.2) is 36.4 Å². The molecular weight excluding hydrogens is 274 g/mol. The molecule has 0 aliphatic heterocycles. The van der Waals surface area contributed by atoms with Gasteiger partial charge in [0.25, 0.3) is 0 Å². The van der Waals surface area contributed by atoms with Gasteiger partial charge in [-0.2, -0.15) is 0 Å². The summed E-state index contributed by atoms with van der Waals surface area (Å²) in [6.45, 7) is 5.60. The van der Waals surface area contributed by atoms with E-state index in [0.29, 0.717) is 12.0 Å². The largest absolute Gasteiger partial charge is 0.310 e. The molecule has 0 saturated heterocycles. The zero-order valence-electron chi connectivity index (χ0n) is 13.1. The molecule has 1 aliphatic rings. The summed E-state index contributed by atoms with van der Waals surface area (Å²) in [6.07, 6.45) is 4.79. The van der Waals surface area contributed by atoms with Crippen LogP contribution in [0.25, 0.3) is 0 Å². The molecule has 2 aromatic rings. The molecule has 0 bridgehead atoms. The Balaban J connectivity index is 1.77. The summed E-state index contributed by atoms with van der Waals surface area (Å²) in [5.74, 6) is 0.706. The van der Waals surface area contributed by atoms with Crippen LogP contribution in [-0.4, -0.2) is 6.54 Å². The van der Waals surface area contributed by atoms with E-state index in [1.54, 1.807) is 10.4 Å². The predicted molar refractivity (Wildman–Crippen MR) is 92.1 cm³/mol. The quantitative estimate of drug-likeness (QED) is 0.810. The molecular formula is C19H25NS. The standard InChI is InChI=1S/C19H25NS/c1-3-11-20-19-15(12-14-7-5-6-8-18(14)19)13-17-10-9-16(4-2)21-17/h5-10,15,19-20H,3-4,11-13H2,1-2H3. The molecule has 1 N–H and O–H groups in total. The summed E-state index contributed by atoms with van der Waals surface area (Å²) < 4.78 is 0. The van der Waals surface area contributed by atoms with Crippen molar-refractivity contribution < 1.29 is 0 Å². The summed E-state index contributed by atoms with van der Waals surface area (Å²) in [7, 11) is 0. The monoisotopic (exact) mass is 299 g/mol. The fraction of sp³-hybridized carbons (Fsp3) is 0.474. The van der Waals surface area contributed by atoms with Gasteiger partial charge in [0.2, 0.25) is 0 Å². The van der Waals surface area contributed by atoms with Gasteiger partial charge in [0, 0.05) is 15.8 Å². The number of aryl methyl sites for hydroxylation is 1. The Labute approximate surface area is 132 Å². The molecule has 2 unspecified atom stereocenters. The summed E-state index contributed by atoms with van der Waals surface area (Å²) in [4.78, 5) is 3.06. The Hall–Kier alpha value is -1.12. The molecule has 0 saturated carbocycles. The number of rotatable bonds is 6. The summed E-state index contributed by atoms with van der Waals surface area (Å²) in [5.41, 5.74) is 3.08. The van der Waals surface area contributed by atoms with Gasteiger partial charge in [0.1, 0.15) is 0 Å². The lowest BCUT2D eigenvalue weighted by molar-refractivity contribution is 0.389. The molecule has 0 fully saturated rings. The lowest BCUT2D eigenvalue weighted by Gasteiger charge is -2.21. The zero-order chi connectivity index (χ0) is 14.7.